The third-order valence-electron chi connectivity index (χ3n) is 12.0. The molecule has 0 aliphatic carbocycles. The molecule has 0 atom stereocenters. The number of rotatable bonds is 10. The van der Waals surface area contributed by atoms with Crippen LogP contribution in [0.2, 0.25) is 0 Å². The fourth-order valence-corrected chi connectivity index (χ4v) is 8.48. The summed E-state index contributed by atoms with van der Waals surface area (Å²) in [4.78, 5) is 10.6. The van der Waals surface area contributed by atoms with Gasteiger partial charge in [-0.15, -0.1) is 0 Å². The molecule has 0 spiro atoms. The van der Waals surface area contributed by atoms with Crippen LogP contribution in [0.15, 0.2) is 140 Å². The third kappa shape index (κ3) is 8.42. The van der Waals surface area contributed by atoms with E-state index in [0.717, 1.165) is 79.2 Å². The second-order valence-corrected chi connectivity index (χ2v) is 18.9. The molecule has 0 unspecified atom stereocenters. The Hall–Kier alpha value is -6.26. The van der Waals surface area contributed by atoms with Gasteiger partial charge in [0, 0.05) is 22.9 Å². The van der Waals surface area contributed by atoms with Crippen LogP contribution in [-0.4, -0.2) is 19.6 Å². The van der Waals surface area contributed by atoms with Crippen LogP contribution in [0.1, 0.15) is 102 Å². The highest BCUT2D eigenvalue weighted by Gasteiger charge is 2.26. The number of aromatic hydroxyl groups is 1. The molecule has 308 valence electrons. The first kappa shape index (κ1) is 41.5. The molecule has 0 aliphatic rings. The molecule has 0 bridgehead atoms. The SMILES string of the molecule is Cc1ccc(-c2ccnc(-c3cc(-c4cccc5c4nc(-c4cc(C(C)C)cc(C(C)C)c4O)n5-c4ccc(CC(C)C)cc4-c4ccccc4)cc(C(C)(C)C)c3)c2)cc1. The van der Waals surface area contributed by atoms with Gasteiger partial charge in [-0.1, -0.05) is 153 Å². The van der Waals surface area contributed by atoms with Gasteiger partial charge in [-0.2, -0.15) is 0 Å². The minimum absolute atomic E-state index is 0.123. The van der Waals surface area contributed by atoms with E-state index in [4.69, 9.17) is 9.97 Å². The molecule has 0 saturated carbocycles. The van der Waals surface area contributed by atoms with Crippen molar-refractivity contribution in [2.24, 2.45) is 5.92 Å². The summed E-state index contributed by atoms with van der Waals surface area (Å²) in [5.74, 6) is 1.90. The van der Waals surface area contributed by atoms with Crippen molar-refractivity contribution in [2.75, 3.05) is 0 Å². The number of nitrogens with zero attached hydrogens (tertiary/aromatic N) is 3. The molecule has 8 aromatic rings. The number of hydrogen-bond donors (Lipinski definition) is 1. The summed E-state index contributed by atoms with van der Waals surface area (Å²) in [7, 11) is 0. The van der Waals surface area contributed by atoms with Crippen LogP contribution < -0.4 is 0 Å². The zero-order chi connectivity index (χ0) is 43.2. The normalized spacial score (nSPS) is 12.0. The van der Waals surface area contributed by atoms with Gasteiger partial charge in [0.15, 0.2) is 0 Å². The Morgan fingerprint density at radius 2 is 1.34 bits per heavy atom. The van der Waals surface area contributed by atoms with Crippen LogP contribution in [0.3, 0.4) is 0 Å². The maximum atomic E-state index is 12.3. The van der Waals surface area contributed by atoms with Crippen molar-refractivity contribution in [1.82, 2.24) is 14.5 Å². The lowest BCUT2D eigenvalue weighted by molar-refractivity contribution is 0.466. The van der Waals surface area contributed by atoms with Crippen molar-refractivity contribution < 1.29 is 5.11 Å². The fraction of sp³-hybridized carbons (Fsp3) is 0.263. The van der Waals surface area contributed by atoms with Gasteiger partial charge >= 0.3 is 0 Å². The number of aromatic nitrogens is 3. The van der Waals surface area contributed by atoms with E-state index in [9.17, 15) is 5.11 Å². The Morgan fingerprint density at radius 3 is 2.03 bits per heavy atom. The molecule has 0 aliphatic heterocycles. The quantitative estimate of drug-likeness (QED) is 0.150. The van der Waals surface area contributed by atoms with Crippen LogP contribution >= 0.6 is 0 Å². The molecule has 8 rings (SSSR count). The Bertz CT molecular complexity index is 2850. The number of benzene rings is 6. The molecule has 0 radical (unpaired) electrons. The highest BCUT2D eigenvalue weighted by atomic mass is 16.3. The molecule has 61 heavy (non-hydrogen) atoms. The van der Waals surface area contributed by atoms with Gasteiger partial charge in [0.2, 0.25) is 0 Å². The van der Waals surface area contributed by atoms with E-state index in [2.05, 4.69) is 207 Å². The van der Waals surface area contributed by atoms with Gasteiger partial charge in [0.25, 0.3) is 0 Å². The van der Waals surface area contributed by atoms with E-state index in [1.165, 1.54) is 27.8 Å². The molecule has 4 nitrogen and oxygen atoms in total. The van der Waals surface area contributed by atoms with Crippen molar-refractivity contribution in [3.8, 4) is 67.5 Å². The molecule has 4 heteroatoms. The molecule has 2 heterocycles. The zero-order valence-electron chi connectivity index (χ0n) is 37.5. The lowest BCUT2D eigenvalue weighted by Gasteiger charge is -2.22. The largest absolute Gasteiger partial charge is 0.507 e. The summed E-state index contributed by atoms with van der Waals surface area (Å²) < 4.78 is 2.30. The first-order chi connectivity index (χ1) is 29.2. The van der Waals surface area contributed by atoms with Gasteiger partial charge < -0.3 is 5.11 Å². The fourth-order valence-electron chi connectivity index (χ4n) is 8.48. The maximum Gasteiger partial charge on any atom is 0.149 e. The number of para-hydroxylation sites is 1. The van der Waals surface area contributed by atoms with E-state index >= 15 is 0 Å². The molecule has 0 fully saturated rings. The minimum Gasteiger partial charge on any atom is -0.507 e. The lowest BCUT2D eigenvalue weighted by atomic mass is 9.83. The Morgan fingerprint density at radius 1 is 0.607 bits per heavy atom. The summed E-state index contributed by atoms with van der Waals surface area (Å²) >= 11 is 0. The average molecular weight is 802 g/mol. The standard InChI is InChI=1S/C57H59N3O/c1-35(2)27-39-21-24-52(49(28-39)41-15-12-11-13-16-41)60-53-18-14-17-47(54(53)59-56(60)50-33-43(36(3)4)32-48(37(5)6)55(50)61)44-29-45(31-46(30-44)57(8,9)10)51-34-42(25-26-58-51)40-22-19-38(7)20-23-40/h11-26,28-37,61H,27H2,1-10H3. The lowest BCUT2D eigenvalue weighted by Crippen LogP contribution is -2.11. The van der Waals surface area contributed by atoms with E-state index < -0.39 is 0 Å². The Balaban J connectivity index is 1.43. The molecule has 2 aromatic heterocycles. The van der Waals surface area contributed by atoms with Gasteiger partial charge in [-0.3, -0.25) is 9.55 Å². The third-order valence-corrected chi connectivity index (χ3v) is 12.0. The first-order valence-electron chi connectivity index (χ1n) is 21.9. The minimum atomic E-state index is -0.129. The maximum absolute atomic E-state index is 12.3. The predicted octanol–water partition coefficient (Wildman–Crippen LogP) is 15.5. The molecule has 0 saturated heterocycles. The predicted molar refractivity (Wildman–Crippen MR) is 258 cm³/mol. The topological polar surface area (TPSA) is 50.9 Å². The summed E-state index contributed by atoms with van der Waals surface area (Å²) in [6, 6.07) is 48.3. The number of pyridine rings is 1. The molecule has 1 N–H and O–H groups in total. The molecular formula is C57H59N3O. The van der Waals surface area contributed by atoms with Gasteiger partial charge in [-0.25, -0.2) is 4.98 Å². The number of hydrogen-bond acceptors (Lipinski definition) is 3. The van der Waals surface area contributed by atoms with Crippen molar-refractivity contribution >= 4 is 11.0 Å². The second-order valence-electron chi connectivity index (χ2n) is 18.9. The van der Waals surface area contributed by atoms with Crippen LogP contribution in [0.5, 0.6) is 5.75 Å². The highest BCUT2D eigenvalue weighted by Crippen LogP contribution is 2.44. The van der Waals surface area contributed by atoms with Crippen LogP contribution in [-0.2, 0) is 11.8 Å². The molecule has 0 amide bonds. The number of aryl methyl sites for hydroxylation is 1. The Labute approximate surface area is 363 Å². The van der Waals surface area contributed by atoms with Crippen molar-refractivity contribution in [3.05, 3.63) is 167 Å². The molecular weight excluding hydrogens is 743 g/mol. The van der Waals surface area contributed by atoms with Crippen molar-refractivity contribution in [1.29, 1.82) is 0 Å². The van der Waals surface area contributed by atoms with Crippen LogP contribution in [0.4, 0.5) is 0 Å². The van der Waals surface area contributed by atoms with E-state index in [-0.39, 0.29) is 23.0 Å². The smallest absolute Gasteiger partial charge is 0.149 e. The van der Waals surface area contributed by atoms with Crippen LogP contribution in [0.25, 0.3) is 72.7 Å². The molecule has 6 aromatic carbocycles. The highest BCUT2D eigenvalue weighted by molar-refractivity contribution is 5.98. The van der Waals surface area contributed by atoms with Gasteiger partial charge in [-0.05, 0) is 130 Å². The number of fused-ring (bicyclic) bond motifs is 1. The van der Waals surface area contributed by atoms with E-state index in [0.29, 0.717) is 5.92 Å². The second kappa shape index (κ2) is 16.7. The average Bonchev–Trinajstić information content (AvgIpc) is 3.63. The number of phenols is 1. The van der Waals surface area contributed by atoms with E-state index in [1.807, 2.05) is 6.20 Å². The number of phenolic OH excluding ortho intramolecular Hbond substituents is 1. The monoisotopic (exact) mass is 801 g/mol. The summed E-state index contributed by atoms with van der Waals surface area (Å²) in [6.45, 7) is 22.2. The summed E-state index contributed by atoms with van der Waals surface area (Å²) in [5, 5.41) is 12.3. The summed E-state index contributed by atoms with van der Waals surface area (Å²) in [5.41, 5.74) is 18.0. The van der Waals surface area contributed by atoms with Crippen LogP contribution in [0, 0.1) is 12.8 Å². The zero-order valence-corrected chi connectivity index (χ0v) is 37.5. The van der Waals surface area contributed by atoms with Crippen molar-refractivity contribution in [3.63, 3.8) is 0 Å². The summed E-state index contributed by atoms with van der Waals surface area (Å²) in [6.07, 6.45) is 2.90. The van der Waals surface area contributed by atoms with Gasteiger partial charge in [0.05, 0.1) is 28.0 Å². The number of imidazole rings is 1. The first-order valence-corrected chi connectivity index (χ1v) is 21.9. The Kier molecular flexibility index (Phi) is 11.3. The van der Waals surface area contributed by atoms with Crippen molar-refractivity contribution in [2.45, 2.75) is 92.9 Å². The van der Waals surface area contributed by atoms with Gasteiger partial charge in [0.1, 0.15) is 11.6 Å². The van der Waals surface area contributed by atoms with E-state index in [1.54, 1.807) is 0 Å².